The van der Waals surface area contributed by atoms with Gasteiger partial charge in [0.25, 0.3) is 0 Å². The van der Waals surface area contributed by atoms with Crippen molar-refractivity contribution in [1.82, 2.24) is 24.9 Å². The lowest BCUT2D eigenvalue weighted by molar-refractivity contribution is 0.0958. The molecule has 1 aliphatic heterocycles. The van der Waals surface area contributed by atoms with E-state index in [1.54, 1.807) is 0 Å². The Morgan fingerprint density at radius 3 is 3.00 bits per heavy atom. The first kappa shape index (κ1) is 15.2. The molecule has 3 atom stereocenters. The molecule has 0 spiro atoms. The lowest BCUT2D eigenvalue weighted by Crippen LogP contribution is -2.39. The summed E-state index contributed by atoms with van der Waals surface area (Å²) < 4.78 is 9.85. The Balaban J connectivity index is 1.57. The smallest absolute Gasteiger partial charge is 0.101 e. The average molecular weight is 303 g/mol. The molecule has 0 aliphatic carbocycles. The first-order chi connectivity index (χ1) is 10.6. The second-order valence-electron chi connectivity index (χ2n) is 6.12. The maximum atomic E-state index is 5.96. The van der Waals surface area contributed by atoms with E-state index in [1.807, 2.05) is 41.1 Å². The largest absolute Gasteiger partial charge is 0.372 e. The minimum absolute atomic E-state index is 0.112. The number of rotatable bonds is 6. The van der Waals surface area contributed by atoms with Crippen molar-refractivity contribution in [3.8, 4) is 0 Å². The highest BCUT2D eigenvalue weighted by atomic mass is 16.5. The van der Waals surface area contributed by atoms with Crippen molar-refractivity contribution < 1.29 is 4.74 Å². The Morgan fingerprint density at radius 2 is 2.32 bits per heavy atom. The monoisotopic (exact) mass is 303 g/mol. The normalized spacial score (nSPS) is 23.0. The van der Waals surface area contributed by atoms with Crippen LogP contribution >= 0.6 is 0 Å². The fourth-order valence-corrected chi connectivity index (χ4v) is 3.07. The van der Waals surface area contributed by atoms with Gasteiger partial charge in [-0.2, -0.15) is 10.2 Å². The van der Waals surface area contributed by atoms with Crippen LogP contribution in [0.15, 0.2) is 24.7 Å². The fraction of sp³-hybridized carbons (Fsp3) is 0.625. The van der Waals surface area contributed by atoms with Gasteiger partial charge >= 0.3 is 0 Å². The van der Waals surface area contributed by atoms with Crippen molar-refractivity contribution in [3.05, 3.63) is 35.9 Å². The minimum Gasteiger partial charge on any atom is -0.372 e. The van der Waals surface area contributed by atoms with Crippen LogP contribution in [0.2, 0.25) is 0 Å². The van der Waals surface area contributed by atoms with Crippen LogP contribution < -0.4 is 5.32 Å². The number of hydrogen-bond acceptors (Lipinski definition) is 4. The summed E-state index contributed by atoms with van der Waals surface area (Å²) >= 11 is 0. The van der Waals surface area contributed by atoms with Gasteiger partial charge in [0, 0.05) is 55.9 Å². The highest BCUT2D eigenvalue weighted by Gasteiger charge is 2.32. The van der Waals surface area contributed by atoms with Gasteiger partial charge in [-0.3, -0.25) is 9.36 Å². The van der Waals surface area contributed by atoms with E-state index in [9.17, 15) is 0 Å². The Bertz CT molecular complexity index is 592. The summed E-state index contributed by atoms with van der Waals surface area (Å²) in [5.74, 6) is 0. The van der Waals surface area contributed by atoms with Crippen LogP contribution in [-0.2, 0) is 18.3 Å². The molecular weight excluding hydrogens is 278 g/mol. The number of aryl methyl sites for hydroxylation is 2. The van der Waals surface area contributed by atoms with Crippen molar-refractivity contribution in [3.63, 3.8) is 0 Å². The lowest BCUT2D eigenvalue weighted by atomic mass is 10.0. The maximum Gasteiger partial charge on any atom is 0.101 e. The van der Waals surface area contributed by atoms with E-state index in [0.29, 0.717) is 12.1 Å². The van der Waals surface area contributed by atoms with E-state index in [4.69, 9.17) is 4.74 Å². The van der Waals surface area contributed by atoms with Crippen LogP contribution in [0, 0.1) is 6.92 Å². The molecule has 1 N–H and O–H groups in total. The molecule has 0 unspecified atom stereocenters. The van der Waals surface area contributed by atoms with Gasteiger partial charge < -0.3 is 10.1 Å². The summed E-state index contributed by atoms with van der Waals surface area (Å²) in [5.41, 5.74) is 2.39. The Labute approximate surface area is 131 Å². The first-order valence-corrected chi connectivity index (χ1v) is 7.98. The predicted octanol–water partition coefficient (Wildman–Crippen LogP) is 1.82. The summed E-state index contributed by atoms with van der Waals surface area (Å²) in [6, 6.07) is 2.75. The van der Waals surface area contributed by atoms with Gasteiger partial charge in [0.2, 0.25) is 0 Å². The Morgan fingerprint density at radius 1 is 1.45 bits per heavy atom. The van der Waals surface area contributed by atoms with E-state index < -0.39 is 0 Å². The van der Waals surface area contributed by atoms with Gasteiger partial charge in [-0.25, -0.2) is 0 Å². The minimum atomic E-state index is 0.112. The number of nitrogens with one attached hydrogen (secondary N) is 1. The molecule has 6 heteroatoms. The molecule has 1 aliphatic rings. The molecule has 0 saturated carbocycles. The quantitative estimate of drug-likeness (QED) is 0.884. The SMILES string of the molecule is Cc1c([C@H]2OCC[C@@H]2N[C@@H](C)CCn2cccn2)cnn1C. The van der Waals surface area contributed by atoms with Crippen molar-refractivity contribution >= 4 is 0 Å². The van der Waals surface area contributed by atoms with Crippen LogP contribution in [0.5, 0.6) is 0 Å². The van der Waals surface area contributed by atoms with Crippen molar-refractivity contribution in [2.45, 2.75) is 51.4 Å². The Hall–Kier alpha value is -1.66. The first-order valence-electron chi connectivity index (χ1n) is 7.98. The van der Waals surface area contributed by atoms with Crippen LogP contribution in [-0.4, -0.2) is 38.3 Å². The molecular formula is C16H25N5O. The molecule has 22 heavy (non-hydrogen) atoms. The zero-order valence-corrected chi connectivity index (χ0v) is 13.6. The number of nitrogens with zero attached hydrogens (tertiary/aromatic N) is 4. The summed E-state index contributed by atoms with van der Waals surface area (Å²) in [5, 5.41) is 12.3. The standard InChI is InChI=1S/C16H25N5O/c1-12(5-9-21-8-4-7-17-21)19-15-6-10-22-16(15)14-11-18-20(3)13(14)2/h4,7-8,11-12,15-16,19H,5-6,9-10H2,1-3H3/t12-,15-,16+/m0/s1. The average Bonchev–Trinajstić information content (AvgIpc) is 3.21. The van der Waals surface area contributed by atoms with Gasteiger partial charge in [-0.1, -0.05) is 0 Å². The van der Waals surface area contributed by atoms with E-state index >= 15 is 0 Å². The zero-order chi connectivity index (χ0) is 15.5. The van der Waals surface area contributed by atoms with Gasteiger partial charge in [-0.15, -0.1) is 0 Å². The van der Waals surface area contributed by atoms with E-state index in [2.05, 4.69) is 29.4 Å². The predicted molar refractivity (Wildman–Crippen MR) is 84.5 cm³/mol. The fourth-order valence-electron chi connectivity index (χ4n) is 3.07. The third-order valence-electron chi connectivity index (χ3n) is 4.52. The molecule has 0 radical (unpaired) electrons. The molecule has 3 heterocycles. The lowest BCUT2D eigenvalue weighted by Gasteiger charge is -2.24. The van der Waals surface area contributed by atoms with Crippen molar-refractivity contribution in [2.75, 3.05) is 6.61 Å². The van der Waals surface area contributed by atoms with E-state index in [0.717, 1.165) is 26.0 Å². The summed E-state index contributed by atoms with van der Waals surface area (Å²) in [6.07, 6.45) is 7.98. The van der Waals surface area contributed by atoms with E-state index in [-0.39, 0.29) is 6.10 Å². The van der Waals surface area contributed by atoms with Crippen LogP contribution in [0.4, 0.5) is 0 Å². The molecule has 2 aromatic heterocycles. The molecule has 6 nitrogen and oxygen atoms in total. The number of aromatic nitrogens is 4. The summed E-state index contributed by atoms with van der Waals surface area (Å²) in [6.45, 7) is 6.07. The van der Waals surface area contributed by atoms with Crippen LogP contribution in [0.3, 0.4) is 0 Å². The van der Waals surface area contributed by atoms with E-state index in [1.165, 1.54) is 11.3 Å². The van der Waals surface area contributed by atoms with Crippen molar-refractivity contribution in [2.24, 2.45) is 7.05 Å². The molecule has 0 amide bonds. The van der Waals surface area contributed by atoms with Crippen LogP contribution in [0.25, 0.3) is 0 Å². The van der Waals surface area contributed by atoms with Gasteiger partial charge in [-0.05, 0) is 32.8 Å². The molecule has 0 aromatic carbocycles. The molecule has 2 aromatic rings. The van der Waals surface area contributed by atoms with Crippen LogP contribution in [0.1, 0.15) is 37.1 Å². The topological polar surface area (TPSA) is 56.9 Å². The molecule has 1 fully saturated rings. The van der Waals surface area contributed by atoms with Gasteiger partial charge in [0.15, 0.2) is 0 Å². The second kappa shape index (κ2) is 6.62. The molecule has 1 saturated heterocycles. The highest BCUT2D eigenvalue weighted by Crippen LogP contribution is 2.31. The third-order valence-corrected chi connectivity index (χ3v) is 4.52. The summed E-state index contributed by atoms with van der Waals surface area (Å²) in [7, 11) is 1.98. The Kier molecular flexibility index (Phi) is 4.59. The second-order valence-corrected chi connectivity index (χ2v) is 6.12. The number of ether oxygens (including phenoxy) is 1. The zero-order valence-electron chi connectivity index (χ0n) is 13.6. The third kappa shape index (κ3) is 3.23. The van der Waals surface area contributed by atoms with Gasteiger partial charge in [0.05, 0.1) is 6.20 Å². The number of hydrogen-bond donors (Lipinski definition) is 1. The molecule has 120 valence electrons. The maximum absolute atomic E-state index is 5.96. The molecule has 0 bridgehead atoms. The summed E-state index contributed by atoms with van der Waals surface area (Å²) in [4.78, 5) is 0. The molecule has 3 rings (SSSR count). The van der Waals surface area contributed by atoms with Gasteiger partial charge in [0.1, 0.15) is 6.10 Å². The highest BCUT2D eigenvalue weighted by molar-refractivity contribution is 5.22. The van der Waals surface area contributed by atoms with Crippen molar-refractivity contribution in [1.29, 1.82) is 0 Å².